The fraction of sp³-hybridized carbons (Fsp3) is 0.727. The van der Waals surface area contributed by atoms with E-state index < -0.39 is 0 Å². The summed E-state index contributed by atoms with van der Waals surface area (Å²) in [4.78, 5) is 13.9. The van der Waals surface area contributed by atoms with E-state index >= 15 is 0 Å². The molecule has 0 radical (unpaired) electrons. The first-order valence-corrected chi connectivity index (χ1v) is 5.68. The van der Waals surface area contributed by atoms with Gasteiger partial charge in [0.2, 0.25) is 5.76 Å². The molecule has 2 aliphatic rings. The van der Waals surface area contributed by atoms with Crippen molar-refractivity contribution in [1.29, 1.82) is 0 Å². The van der Waals surface area contributed by atoms with Gasteiger partial charge in [-0.25, -0.2) is 0 Å². The van der Waals surface area contributed by atoms with E-state index in [4.69, 9.17) is 15.2 Å². The second-order valence-electron chi connectivity index (χ2n) is 4.35. The van der Waals surface area contributed by atoms with Crippen molar-refractivity contribution < 1.29 is 14.3 Å². The van der Waals surface area contributed by atoms with Gasteiger partial charge in [0.1, 0.15) is 19.5 Å². The molecule has 2 rings (SSSR count). The van der Waals surface area contributed by atoms with Crippen LogP contribution in [0.2, 0.25) is 0 Å². The van der Waals surface area contributed by atoms with E-state index in [0.717, 1.165) is 13.0 Å². The van der Waals surface area contributed by atoms with Crippen LogP contribution in [-0.2, 0) is 14.3 Å². The Balaban J connectivity index is 2.01. The molecule has 5 heteroatoms. The number of hydrogen-bond acceptors (Lipinski definition) is 4. The number of nitrogens with two attached hydrogens (primary N) is 1. The summed E-state index contributed by atoms with van der Waals surface area (Å²) < 4.78 is 10.4. The zero-order valence-corrected chi connectivity index (χ0v) is 9.52. The Morgan fingerprint density at radius 3 is 3.00 bits per heavy atom. The van der Waals surface area contributed by atoms with Gasteiger partial charge in [-0.15, -0.1) is 0 Å². The molecule has 1 saturated heterocycles. The minimum Gasteiger partial charge on any atom is -0.494 e. The third kappa shape index (κ3) is 2.14. The van der Waals surface area contributed by atoms with Crippen LogP contribution in [0.15, 0.2) is 12.0 Å². The molecule has 0 aromatic carbocycles. The van der Waals surface area contributed by atoms with Crippen LogP contribution < -0.4 is 5.73 Å². The second kappa shape index (κ2) is 4.74. The Hall–Kier alpha value is -1.23. The molecular formula is C11H18N2O3. The van der Waals surface area contributed by atoms with Crippen LogP contribution in [0.3, 0.4) is 0 Å². The zero-order valence-electron chi connectivity index (χ0n) is 9.52. The van der Waals surface area contributed by atoms with E-state index in [2.05, 4.69) is 0 Å². The Morgan fingerprint density at radius 1 is 1.62 bits per heavy atom. The van der Waals surface area contributed by atoms with Gasteiger partial charge >= 0.3 is 0 Å². The van der Waals surface area contributed by atoms with Crippen LogP contribution in [0.25, 0.3) is 0 Å². The van der Waals surface area contributed by atoms with Crippen LogP contribution in [-0.4, -0.2) is 43.2 Å². The van der Waals surface area contributed by atoms with Crippen molar-refractivity contribution in [2.24, 2.45) is 11.7 Å². The molecule has 2 N–H and O–H groups in total. The number of carbonyl (C=O) groups excluding carboxylic acids is 1. The summed E-state index contributed by atoms with van der Waals surface area (Å²) in [6.45, 7) is 4.34. The van der Waals surface area contributed by atoms with Gasteiger partial charge in [0, 0.05) is 12.6 Å². The summed E-state index contributed by atoms with van der Waals surface area (Å²) in [6.07, 6.45) is 2.38. The number of carbonyl (C=O) groups is 1. The molecule has 0 saturated carbocycles. The van der Waals surface area contributed by atoms with Crippen LogP contribution in [0.1, 0.15) is 13.3 Å². The van der Waals surface area contributed by atoms with Crippen molar-refractivity contribution in [2.75, 3.05) is 26.3 Å². The first-order valence-electron chi connectivity index (χ1n) is 5.68. The van der Waals surface area contributed by atoms with Gasteiger partial charge in [0.25, 0.3) is 5.91 Å². The molecule has 16 heavy (non-hydrogen) atoms. The number of likely N-dealkylation sites (tertiary alicyclic amines) is 1. The predicted octanol–water partition coefficient (Wildman–Crippen LogP) is 0.0703. The molecule has 1 amide bonds. The SMILES string of the molecule is CC1CC(CN)CN1C(=O)C1=COCCO1. The van der Waals surface area contributed by atoms with E-state index in [-0.39, 0.29) is 11.9 Å². The second-order valence-corrected chi connectivity index (χ2v) is 4.35. The van der Waals surface area contributed by atoms with Crippen molar-refractivity contribution >= 4 is 5.91 Å². The molecule has 2 atom stereocenters. The van der Waals surface area contributed by atoms with Gasteiger partial charge in [0.05, 0.1) is 0 Å². The van der Waals surface area contributed by atoms with Gasteiger partial charge < -0.3 is 20.1 Å². The minimum atomic E-state index is -0.0804. The van der Waals surface area contributed by atoms with Gasteiger partial charge in [0.15, 0.2) is 0 Å². The monoisotopic (exact) mass is 226 g/mol. The Morgan fingerprint density at radius 2 is 2.44 bits per heavy atom. The van der Waals surface area contributed by atoms with Gasteiger partial charge in [-0.1, -0.05) is 0 Å². The van der Waals surface area contributed by atoms with Gasteiger partial charge in [-0.05, 0) is 25.8 Å². The lowest BCUT2D eigenvalue weighted by molar-refractivity contribution is -0.132. The number of amides is 1. The predicted molar refractivity (Wildman–Crippen MR) is 58.3 cm³/mol. The highest BCUT2D eigenvalue weighted by atomic mass is 16.6. The molecule has 2 unspecified atom stereocenters. The summed E-state index contributed by atoms with van der Waals surface area (Å²) in [7, 11) is 0. The van der Waals surface area contributed by atoms with Gasteiger partial charge in [-0.2, -0.15) is 0 Å². The summed E-state index contributed by atoms with van der Waals surface area (Å²) in [6, 6.07) is 0.229. The molecule has 2 heterocycles. The van der Waals surface area contributed by atoms with E-state index in [9.17, 15) is 4.79 Å². The molecular weight excluding hydrogens is 208 g/mol. The minimum absolute atomic E-state index is 0.0804. The molecule has 0 aliphatic carbocycles. The fourth-order valence-electron chi connectivity index (χ4n) is 2.22. The summed E-state index contributed by atoms with van der Waals surface area (Å²) in [5.41, 5.74) is 5.63. The molecule has 0 bridgehead atoms. The van der Waals surface area contributed by atoms with Crippen molar-refractivity contribution in [1.82, 2.24) is 4.90 Å². The normalized spacial score (nSPS) is 29.4. The number of rotatable bonds is 2. The highest BCUT2D eigenvalue weighted by Gasteiger charge is 2.34. The number of hydrogen-bond donors (Lipinski definition) is 1. The Bertz CT molecular complexity index is 304. The van der Waals surface area contributed by atoms with Gasteiger partial charge in [-0.3, -0.25) is 4.79 Å². The maximum atomic E-state index is 12.1. The van der Waals surface area contributed by atoms with Crippen molar-refractivity contribution in [2.45, 2.75) is 19.4 Å². The molecule has 1 fully saturated rings. The van der Waals surface area contributed by atoms with Crippen LogP contribution >= 0.6 is 0 Å². The van der Waals surface area contributed by atoms with Crippen molar-refractivity contribution in [3.8, 4) is 0 Å². The Kier molecular flexibility index (Phi) is 3.33. The van der Waals surface area contributed by atoms with E-state index in [0.29, 0.717) is 31.4 Å². The van der Waals surface area contributed by atoms with E-state index in [1.54, 1.807) is 0 Å². The average molecular weight is 226 g/mol. The highest BCUT2D eigenvalue weighted by molar-refractivity contribution is 5.91. The molecule has 0 aromatic rings. The molecule has 0 spiro atoms. The average Bonchev–Trinajstić information content (AvgIpc) is 2.71. The van der Waals surface area contributed by atoms with E-state index in [1.807, 2.05) is 11.8 Å². The third-order valence-electron chi connectivity index (χ3n) is 3.12. The Labute approximate surface area is 95.2 Å². The largest absolute Gasteiger partial charge is 0.494 e. The van der Waals surface area contributed by atoms with Crippen LogP contribution in [0, 0.1) is 5.92 Å². The first-order chi connectivity index (χ1) is 7.72. The van der Waals surface area contributed by atoms with Crippen LogP contribution in [0.5, 0.6) is 0 Å². The smallest absolute Gasteiger partial charge is 0.292 e. The topological polar surface area (TPSA) is 64.8 Å². The maximum Gasteiger partial charge on any atom is 0.292 e. The molecule has 2 aliphatic heterocycles. The molecule has 5 nitrogen and oxygen atoms in total. The third-order valence-corrected chi connectivity index (χ3v) is 3.12. The van der Waals surface area contributed by atoms with Crippen molar-refractivity contribution in [3.05, 3.63) is 12.0 Å². The number of nitrogens with zero attached hydrogens (tertiary/aromatic N) is 1. The zero-order chi connectivity index (χ0) is 11.5. The maximum absolute atomic E-state index is 12.1. The van der Waals surface area contributed by atoms with Crippen LogP contribution in [0.4, 0.5) is 0 Å². The molecule has 90 valence electrons. The lowest BCUT2D eigenvalue weighted by atomic mass is 10.1. The lowest BCUT2D eigenvalue weighted by Gasteiger charge is -2.24. The van der Waals surface area contributed by atoms with Crippen molar-refractivity contribution in [3.63, 3.8) is 0 Å². The summed E-state index contributed by atoms with van der Waals surface area (Å²) in [5, 5.41) is 0. The molecule has 0 aromatic heterocycles. The highest BCUT2D eigenvalue weighted by Crippen LogP contribution is 2.24. The lowest BCUT2D eigenvalue weighted by Crippen LogP contribution is -2.37. The quantitative estimate of drug-likeness (QED) is 0.723. The fourth-order valence-corrected chi connectivity index (χ4v) is 2.22. The standard InChI is InChI=1S/C11H18N2O3/c1-8-4-9(5-12)6-13(8)11(14)10-7-15-2-3-16-10/h7-9H,2-6,12H2,1H3. The number of ether oxygens (including phenoxy) is 2. The summed E-state index contributed by atoms with van der Waals surface area (Å²) >= 11 is 0. The summed E-state index contributed by atoms with van der Waals surface area (Å²) in [5.74, 6) is 0.642. The first kappa shape index (κ1) is 11.3. The van der Waals surface area contributed by atoms with E-state index in [1.165, 1.54) is 6.26 Å².